The van der Waals surface area contributed by atoms with Gasteiger partial charge < -0.3 is 24.8 Å². The van der Waals surface area contributed by atoms with Gasteiger partial charge in [0.15, 0.2) is 11.5 Å². The third-order valence-corrected chi connectivity index (χ3v) is 4.68. The van der Waals surface area contributed by atoms with Gasteiger partial charge in [-0.2, -0.15) is 0 Å². The van der Waals surface area contributed by atoms with E-state index in [-0.39, 0.29) is 18.7 Å². The number of fused-ring (bicyclic) bond motifs is 1. The Morgan fingerprint density at radius 3 is 2.76 bits per heavy atom. The van der Waals surface area contributed by atoms with Crippen LogP contribution < -0.4 is 14.8 Å². The number of nitrogens with one attached hydrogen (secondary N) is 1. The minimum Gasteiger partial charge on any atom is -0.486 e. The quantitative estimate of drug-likeness (QED) is 0.575. The number of aliphatic hydroxyl groups excluding tert-OH is 1. The van der Waals surface area contributed by atoms with Gasteiger partial charge in [-0.3, -0.25) is 4.79 Å². The topological polar surface area (TPSA) is 71.0 Å². The van der Waals surface area contributed by atoms with Gasteiger partial charge in [0, 0.05) is 33.5 Å². The molecule has 0 bridgehead atoms. The maximum Gasteiger partial charge on any atom is 0.220 e. The van der Waals surface area contributed by atoms with Crippen LogP contribution in [0.2, 0.25) is 0 Å². The molecule has 29 heavy (non-hydrogen) atoms. The number of amides is 1. The Labute approximate surface area is 195 Å². The van der Waals surface area contributed by atoms with Crippen LogP contribution in [-0.4, -0.2) is 54.8 Å². The molecule has 0 spiro atoms. The molecule has 0 radical (unpaired) electrons. The van der Waals surface area contributed by atoms with Gasteiger partial charge in [0.25, 0.3) is 0 Å². The summed E-state index contributed by atoms with van der Waals surface area (Å²) in [4.78, 5) is 15.3. The van der Waals surface area contributed by atoms with Crippen molar-refractivity contribution in [1.82, 2.24) is 10.2 Å². The first-order chi connectivity index (χ1) is 19.8. The first kappa shape index (κ1) is 9.56. The Hall–Kier alpha value is -1.79. The van der Waals surface area contributed by atoms with Gasteiger partial charge >= 0.3 is 0 Å². The fourth-order valence-corrected chi connectivity index (χ4v) is 3.33. The van der Waals surface area contributed by atoms with Crippen molar-refractivity contribution < 1.29 is 39.9 Å². The number of likely N-dealkylation sites (tertiary alicyclic amines) is 1. The minimum atomic E-state index is -4.34. The Bertz CT molecular complexity index is 1200. The van der Waals surface area contributed by atoms with Crippen molar-refractivity contribution in [3.63, 3.8) is 0 Å². The number of ether oxygens (including phenoxy) is 2. The Morgan fingerprint density at radius 2 is 1.97 bits per heavy atom. The highest BCUT2D eigenvalue weighted by Crippen LogP contribution is 2.33. The summed E-state index contributed by atoms with van der Waals surface area (Å²) in [5, 5.41) is 13.5. The van der Waals surface area contributed by atoms with Gasteiger partial charge in [0.1, 0.15) is 19.3 Å². The lowest BCUT2D eigenvalue weighted by Crippen LogP contribution is -2.46. The van der Waals surface area contributed by atoms with E-state index in [9.17, 15) is 9.90 Å². The molecule has 2 atom stereocenters. The van der Waals surface area contributed by atoms with E-state index in [1.807, 2.05) is 4.90 Å². The maximum absolute atomic E-state index is 13.4. The number of aliphatic hydroxyl groups is 1. The van der Waals surface area contributed by atoms with Crippen molar-refractivity contribution in [2.24, 2.45) is 0 Å². The van der Waals surface area contributed by atoms with Crippen LogP contribution in [0.4, 0.5) is 0 Å². The lowest BCUT2D eigenvalue weighted by Gasteiger charge is -2.29. The summed E-state index contributed by atoms with van der Waals surface area (Å²) in [5.74, 6) is -1.08. The molecule has 1 aromatic rings. The summed E-state index contributed by atoms with van der Waals surface area (Å²) in [6.45, 7) is -2.13. The molecule has 2 heterocycles. The average Bonchev–Trinajstić information content (AvgIpc) is 3.43. The van der Waals surface area contributed by atoms with E-state index in [1.165, 1.54) is 18.2 Å². The van der Waals surface area contributed by atoms with Gasteiger partial charge in [-0.05, 0) is 50.0 Å². The maximum atomic E-state index is 13.4. The minimum absolute atomic E-state index is 0.0323. The fourth-order valence-electron chi connectivity index (χ4n) is 3.33. The predicted octanol–water partition coefficient (Wildman–Crippen LogP) is 3.43. The third-order valence-electron chi connectivity index (χ3n) is 4.68. The van der Waals surface area contributed by atoms with Gasteiger partial charge in [-0.25, -0.2) is 0 Å². The fraction of sp³-hybridized carbons (Fsp3) is 0.696. The van der Waals surface area contributed by atoms with Gasteiger partial charge in [-0.1, -0.05) is 38.4 Å². The Balaban J connectivity index is 1.96. The van der Waals surface area contributed by atoms with E-state index in [2.05, 4.69) is 5.32 Å². The van der Waals surface area contributed by atoms with Crippen molar-refractivity contribution in [1.29, 1.82) is 0 Å². The number of hydrogen-bond acceptors (Lipinski definition) is 5. The largest absolute Gasteiger partial charge is 0.486 e. The summed E-state index contributed by atoms with van der Waals surface area (Å²) in [6.07, 6.45) is -25.0. The predicted molar refractivity (Wildman–Crippen MR) is 113 cm³/mol. The molecule has 1 amide bonds. The van der Waals surface area contributed by atoms with E-state index < -0.39 is 63.1 Å². The monoisotopic (exact) mass is 419 g/mol. The van der Waals surface area contributed by atoms with Crippen LogP contribution in [0.1, 0.15) is 90.2 Å². The Morgan fingerprint density at radius 1 is 1.21 bits per heavy atom. The lowest BCUT2D eigenvalue weighted by atomic mass is 10.0. The van der Waals surface area contributed by atoms with E-state index in [0.717, 1.165) is 12.8 Å². The highest BCUT2D eigenvalue weighted by Gasteiger charge is 2.27. The van der Waals surface area contributed by atoms with Crippen molar-refractivity contribution in [2.75, 3.05) is 32.8 Å². The number of hydrogen-bond donors (Lipinski definition) is 2. The van der Waals surface area contributed by atoms with Crippen molar-refractivity contribution in [3.05, 3.63) is 23.8 Å². The Kier molecular flexibility index (Phi) is 3.76. The van der Waals surface area contributed by atoms with Gasteiger partial charge in [0.2, 0.25) is 5.91 Å². The van der Waals surface area contributed by atoms with E-state index in [1.54, 1.807) is 0 Å². The molecule has 3 rings (SSSR count). The summed E-state index contributed by atoms with van der Waals surface area (Å²) in [5.41, 5.74) is 0.231. The molecule has 6 nitrogen and oxygen atoms in total. The second-order valence-electron chi connectivity index (χ2n) is 6.69. The molecular weight excluding hydrogens is 368 g/mol. The van der Waals surface area contributed by atoms with Crippen LogP contribution in [-0.2, 0) is 4.79 Å². The molecule has 0 saturated carbocycles. The molecule has 2 N–H and O–H groups in total. The molecule has 0 unspecified atom stereocenters. The van der Waals surface area contributed by atoms with Crippen LogP contribution in [0.5, 0.6) is 11.5 Å². The average molecular weight is 420 g/mol. The van der Waals surface area contributed by atoms with E-state index in [0.29, 0.717) is 31.2 Å². The normalized spacial score (nSPS) is 29.5. The highest BCUT2D eigenvalue weighted by atomic mass is 16.6. The first-order valence-corrected chi connectivity index (χ1v) is 9.45. The zero-order chi connectivity index (χ0) is 33.7. The van der Waals surface area contributed by atoms with Crippen molar-refractivity contribution >= 4 is 5.91 Å². The summed E-state index contributed by atoms with van der Waals surface area (Å²) in [6, 6.07) is 3.18. The SMILES string of the molecule is [2H]C([2H])([2H])C([2H])([2H])C([2H])([2H])C([2H])([2H])C([2H])([2H])C([2H])([2H])C([2H])([2H])C(=O)N[C@H](CN1CCCC1)[C@H](O)c1ccc2c(c1)OCCO2. The highest BCUT2D eigenvalue weighted by molar-refractivity contribution is 5.76. The third kappa shape index (κ3) is 6.61. The standard InChI is InChI=1S/C23H36N2O4/c1-2-3-4-5-6-9-22(26)24-19(17-25-12-7-8-13-25)23(27)18-10-11-20-21(16-18)29-15-14-28-20/h10-11,16,19,23,27H,2-9,12-15,17H2,1H3,(H,24,26)/t19-,23-/m1/s1/i1D3,2D2,3D2,4D2,5D2,6D2,9D2. The molecule has 162 valence electrons. The molecule has 2 aliphatic heterocycles. The van der Waals surface area contributed by atoms with Crippen LogP contribution in [0.3, 0.4) is 0 Å². The molecule has 1 fully saturated rings. The van der Waals surface area contributed by atoms with Crippen molar-refractivity contribution in [2.45, 2.75) is 70.1 Å². The molecule has 1 aromatic carbocycles. The number of rotatable bonds is 11. The van der Waals surface area contributed by atoms with E-state index >= 15 is 0 Å². The molecule has 1 saturated heterocycles. The van der Waals surface area contributed by atoms with Crippen LogP contribution in [0, 0.1) is 0 Å². The second kappa shape index (κ2) is 11.4. The molecule has 6 heteroatoms. The molecular formula is C23H36N2O4. The zero-order valence-corrected chi connectivity index (χ0v) is 16.0. The number of carbonyl (C=O) groups excluding carboxylic acids is 1. The lowest BCUT2D eigenvalue weighted by molar-refractivity contribution is -0.123. The van der Waals surface area contributed by atoms with Crippen LogP contribution >= 0.6 is 0 Å². The summed E-state index contributed by atoms with van der Waals surface area (Å²) >= 11 is 0. The number of carbonyl (C=O) groups is 1. The van der Waals surface area contributed by atoms with E-state index in [4.69, 9.17) is 30.0 Å². The number of benzene rings is 1. The van der Waals surface area contributed by atoms with Crippen molar-refractivity contribution in [3.8, 4) is 11.5 Å². The van der Waals surface area contributed by atoms with Gasteiger partial charge in [0.05, 0.1) is 6.04 Å². The summed E-state index contributed by atoms with van der Waals surface area (Å²) in [7, 11) is 0. The van der Waals surface area contributed by atoms with Crippen LogP contribution in [0.15, 0.2) is 18.2 Å². The summed E-state index contributed by atoms with van der Waals surface area (Å²) < 4.78 is 130. The molecule has 0 aliphatic carbocycles. The molecule has 0 aromatic heterocycles. The number of nitrogens with zero attached hydrogens (tertiary/aromatic N) is 1. The van der Waals surface area contributed by atoms with Gasteiger partial charge in [-0.15, -0.1) is 0 Å². The molecule has 2 aliphatic rings. The first-order valence-electron chi connectivity index (χ1n) is 17.0. The second-order valence-corrected chi connectivity index (χ2v) is 6.69. The smallest absolute Gasteiger partial charge is 0.220 e. The van der Waals surface area contributed by atoms with Crippen LogP contribution in [0.25, 0.3) is 0 Å². The zero-order valence-electron chi connectivity index (χ0n) is 31.0.